The SMILES string of the molecule is Cc1c(C(=O)NC2CC2)[nH]c2cc(Cl)ccc12. The molecule has 1 amide bonds. The van der Waals surface area contributed by atoms with Crippen molar-refractivity contribution in [2.45, 2.75) is 25.8 Å². The monoisotopic (exact) mass is 248 g/mol. The average Bonchev–Trinajstić information content (AvgIpc) is 3.03. The number of aromatic amines is 1. The molecule has 3 nitrogen and oxygen atoms in total. The molecular weight excluding hydrogens is 236 g/mol. The van der Waals surface area contributed by atoms with Gasteiger partial charge >= 0.3 is 0 Å². The molecule has 17 heavy (non-hydrogen) atoms. The summed E-state index contributed by atoms with van der Waals surface area (Å²) in [5.41, 5.74) is 2.54. The Hall–Kier alpha value is -1.48. The minimum atomic E-state index is -0.0164. The van der Waals surface area contributed by atoms with Gasteiger partial charge in [-0.15, -0.1) is 0 Å². The summed E-state index contributed by atoms with van der Waals surface area (Å²) in [5.74, 6) is -0.0164. The molecule has 1 aromatic heterocycles. The van der Waals surface area contributed by atoms with E-state index in [9.17, 15) is 4.79 Å². The predicted octanol–water partition coefficient (Wildman–Crippen LogP) is 3.02. The Morgan fingerprint density at radius 2 is 2.24 bits per heavy atom. The molecule has 0 radical (unpaired) electrons. The normalized spacial score (nSPS) is 15.2. The summed E-state index contributed by atoms with van der Waals surface area (Å²) < 4.78 is 0. The molecule has 0 spiro atoms. The highest BCUT2D eigenvalue weighted by molar-refractivity contribution is 6.31. The number of H-pyrrole nitrogens is 1. The summed E-state index contributed by atoms with van der Waals surface area (Å²) in [6.07, 6.45) is 2.19. The van der Waals surface area contributed by atoms with Crippen LogP contribution in [0.2, 0.25) is 5.02 Å². The number of carbonyl (C=O) groups is 1. The molecule has 0 aliphatic heterocycles. The Morgan fingerprint density at radius 3 is 2.94 bits per heavy atom. The third-order valence-electron chi connectivity index (χ3n) is 3.16. The van der Waals surface area contributed by atoms with E-state index in [1.165, 1.54) is 0 Å². The molecule has 1 fully saturated rings. The van der Waals surface area contributed by atoms with Crippen LogP contribution >= 0.6 is 11.6 Å². The lowest BCUT2D eigenvalue weighted by molar-refractivity contribution is 0.0946. The molecule has 1 aromatic carbocycles. The standard InChI is InChI=1S/C13H13ClN2O/c1-7-10-5-2-8(14)6-11(10)16-12(7)13(17)15-9-3-4-9/h2,5-6,9,16H,3-4H2,1H3,(H,15,17). The van der Waals surface area contributed by atoms with Crippen LogP contribution in [-0.4, -0.2) is 16.9 Å². The zero-order valence-electron chi connectivity index (χ0n) is 9.51. The molecule has 0 bridgehead atoms. The maximum Gasteiger partial charge on any atom is 0.268 e. The Labute approximate surface area is 104 Å². The van der Waals surface area contributed by atoms with Gasteiger partial charge in [0.05, 0.1) is 0 Å². The Bertz CT molecular complexity index is 599. The number of fused-ring (bicyclic) bond motifs is 1. The van der Waals surface area contributed by atoms with Gasteiger partial charge in [0.2, 0.25) is 0 Å². The van der Waals surface area contributed by atoms with Gasteiger partial charge in [-0.25, -0.2) is 0 Å². The number of amides is 1. The Morgan fingerprint density at radius 1 is 1.47 bits per heavy atom. The summed E-state index contributed by atoms with van der Waals surface area (Å²) in [5, 5.41) is 4.71. The van der Waals surface area contributed by atoms with E-state index in [4.69, 9.17) is 11.6 Å². The lowest BCUT2D eigenvalue weighted by Crippen LogP contribution is -2.26. The van der Waals surface area contributed by atoms with E-state index in [1.807, 2.05) is 25.1 Å². The second-order valence-electron chi connectivity index (χ2n) is 4.56. The van der Waals surface area contributed by atoms with Gasteiger partial charge in [0.25, 0.3) is 5.91 Å². The number of carbonyl (C=O) groups excluding carboxylic acids is 1. The third-order valence-corrected chi connectivity index (χ3v) is 3.40. The van der Waals surface area contributed by atoms with Crippen molar-refractivity contribution in [1.29, 1.82) is 0 Å². The third kappa shape index (κ3) is 1.91. The summed E-state index contributed by atoms with van der Waals surface area (Å²) in [6.45, 7) is 1.95. The Kier molecular flexibility index (Phi) is 2.37. The quantitative estimate of drug-likeness (QED) is 0.843. The van der Waals surface area contributed by atoms with E-state index in [-0.39, 0.29) is 5.91 Å². The average molecular weight is 249 g/mol. The molecule has 0 unspecified atom stereocenters. The van der Waals surface area contributed by atoms with Gasteiger partial charge in [0.15, 0.2) is 0 Å². The molecule has 88 valence electrons. The number of nitrogens with one attached hydrogen (secondary N) is 2. The fourth-order valence-corrected chi connectivity index (χ4v) is 2.19. The number of rotatable bonds is 2. The molecule has 4 heteroatoms. The zero-order valence-corrected chi connectivity index (χ0v) is 10.3. The zero-order chi connectivity index (χ0) is 12.0. The molecule has 0 atom stereocenters. The molecule has 3 rings (SSSR count). The van der Waals surface area contributed by atoms with Gasteiger partial charge in [0.1, 0.15) is 5.69 Å². The van der Waals surface area contributed by atoms with Crippen molar-refractivity contribution in [1.82, 2.24) is 10.3 Å². The van der Waals surface area contributed by atoms with E-state index in [2.05, 4.69) is 10.3 Å². The molecule has 2 aromatic rings. The molecule has 0 saturated heterocycles. The second-order valence-corrected chi connectivity index (χ2v) is 5.00. The van der Waals surface area contributed by atoms with E-state index >= 15 is 0 Å². The van der Waals surface area contributed by atoms with Crippen LogP contribution in [0.5, 0.6) is 0 Å². The molecule has 2 N–H and O–H groups in total. The van der Waals surface area contributed by atoms with Crippen LogP contribution in [0, 0.1) is 6.92 Å². The molecule has 1 aliphatic carbocycles. The van der Waals surface area contributed by atoms with Crippen molar-refractivity contribution in [3.63, 3.8) is 0 Å². The predicted molar refractivity (Wildman–Crippen MR) is 68.5 cm³/mol. The van der Waals surface area contributed by atoms with Crippen molar-refractivity contribution in [3.05, 3.63) is 34.5 Å². The van der Waals surface area contributed by atoms with Crippen molar-refractivity contribution in [3.8, 4) is 0 Å². The molecular formula is C13H13ClN2O. The number of hydrogen-bond donors (Lipinski definition) is 2. The van der Waals surface area contributed by atoms with E-state index < -0.39 is 0 Å². The van der Waals surface area contributed by atoms with Crippen LogP contribution in [0.1, 0.15) is 28.9 Å². The van der Waals surface area contributed by atoms with Gasteiger partial charge in [-0.05, 0) is 37.5 Å². The van der Waals surface area contributed by atoms with Crippen LogP contribution < -0.4 is 5.32 Å². The van der Waals surface area contributed by atoms with Crippen LogP contribution in [0.25, 0.3) is 10.9 Å². The lowest BCUT2D eigenvalue weighted by atomic mass is 10.1. The number of aryl methyl sites for hydroxylation is 1. The smallest absolute Gasteiger partial charge is 0.268 e. The lowest BCUT2D eigenvalue weighted by Gasteiger charge is -2.01. The van der Waals surface area contributed by atoms with Crippen molar-refractivity contribution >= 4 is 28.4 Å². The van der Waals surface area contributed by atoms with Gasteiger partial charge in [0, 0.05) is 22.0 Å². The first-order chi connectivity index (χ1) is 8.15. The van der Waals surface area contributed by atoms with Gasteiger partial charge in [-0.3, -0.25) is 4.79 Å². The summed E-state index contributed by atoms with van der Waals surface area (Å²) in [7, 11) is 0. The minimum Gasteiger partial charge on any atom is -0.350 e. The van der Waals surface area contributed by atoms with Gasteiger partial charge in [-0.2, -0.15) is 0 Å². The highest BCUT2D eigenvalue weighted by atomic mass is 35.5. The highest BCUT2D eigenvalue weighted by Crippen LogP contribution is 2.25. The first-order valence-electron chi connectivity index (χ1n) is 5.74. The highest BCUT2D eigenvalue weighted by Gasteiger charge is 2.25. The van der Waals surface area contributed by atoms with E-state index in [0.717, 1.165) is 29.3 Å². The van der Waals surface area contributed by atoms with E-state index in [1.54, 1.807) is 0 Å². The molecule has 1 aliphatic rings. The van der Waals surface area contributed by atoms with Crippen molar-refractivity contribution < 1.29 is 4.79 Å². The summed E-state index contributed by atoms with van der Waals surface area (Å²) >= 11 is 5.93. The van der Waals surface area contributed by atoms with E-state index in [0.29, 0.717) is 16.8 Å². The first-order valence-corrected chi connectivity index (χ1v) is 6.11. The fourth-order valence-electron chi connectivity index (χ4n) is 2.02. The number of aromatic nitrogens is 1. The summed E-state index contributed by atoms with van der Waals surface area (Å²) in [4.78, 5) is 15.1. The number of benzene rings is 1. The van der Waals surface area contributed by atoms with Gasteiger partial charge < -0.3 is 10.3 Å². The largest absolute Gasteiger partial charge is 0.350 e. The van der Waals surface area contributed by atoms with Gasteiger partial charge in [-0.1, -0.05) is 17.7 Å². The van der Waals surface area contributed by atoms with Crippen LogP contribution in [0.4, 0.5) is 0 Å². The molecule has 1 saturated carbocycles. The topological polar surface area (TPSA) is 44.9 Å². The fraction of sp³-hybridized carbons (Fsp3) is 0.308. The maximum absolute atomic E-state index is 12.0. The number of hydrogen-bond acceptors (Lipinski definition) is 1. The van der Waals surface area contributed by atoms with Crippen molar-refractivity contribution in [2.24, 2.45) is 0 Å². The number of halogens is 1. The van der Waals surface area contributed by atoms with Crippen LogP contribution in [-0.2, 0) is 0 Å². The first kappa shape index (κ1) is 10.7. The van der Waals surface area contributed by atoms with Crippen molar-refractivity contribution in [2.75, 3.05) is 0 Å². The second kappa shape index (κ2) is 3.77. The minimum absolute atomic E-state index is 0.0164. The van der Waals surface area contributed by atoms with Crippen LogP contribution in [0.15, 0.2) is 18.2 Å². The maximum atomic E-state index is 12.0. The summed E-state index contributed by atoms with van der Waals surface area (Å²) in [6, 6.07) is 6.00. The van der Waals surface area contributed by atoms with Crippen LogP contribution in [0.3, 0.4) is 0 Å². The Balaban J connectivity index is 2.03. The molecule has 1 heterocycles.